The van der Waals surface area contributed by atoms with Gasteiger partial charge in [-0.2, -0.15) is 0 Å². The average molecular weight is 241 g/mol. The second kappa shape index (κ2) is 4.89. The Labute approximate surface area is 110 Å². The molecule has 96 valence electrons. The highest BCUT2D eigenvalue weighted by molar-refractivity contribution is 5.40. The molecule has 1 fully saturated rings. The molecule has 0 bridgehead atoms. The standard InChI is InChI=1S/C17H23N/c1-3-7-15(18-4-2)17-14-11-10-12-8-5-6-9-13(12)16(14)17/h3,5-6,8-9,14-18H,1,4,7,10-11H2,2H3. The van der Waals surface area contributed by atoms with Crippen LogP contribution in [-0.2, 0) is 6.42 Å². The summed E-state index contributed by atoms with van der Waals surface area (Å²) in [6, 6.07) is 9.68. The highest BCUT2D eigenvalue weighted by atomic mass is 14.9. The molecule has 18 heavy (non-hydrogen) atoms. The van der Waals surface area contributed by atoms with Gasteiger partial charge in [0.25, 0.3) is 0 Å². The predicted octanol–water partition coefficient (Wildman–Crippen LogP) is 3.52. The number of hydrogen-bond acceptors (Lipinski definition) is 1. The second-order valence-electron chi connectivity index (χ2n) is 5.69. The Hall–Kier alpha value is -1.08. The maximum atomic E-state index is 3.91. The summed E-state index contributed by atoms with van der Waals surface area (Å²) >= 11 is 0. The van der Waals surface area contributed by atoms with Crippen LogP contribution in [0.1, 0.15) is 36.8 Å². The first-order valence-corrected chi connectivity index (χ1v) is 7.29. The molecule has 1 saturated carbocycles. The molecule has 0 aromatic heterocycles. The largest absolute Gasteiger partial charge is 0.314 e. The lowest BCUT2D eigenvalue weighted by molar-refractivity contribution is 0.447. The normalized spacial score (nSPS) is 30.2. The fourth-order valence-corrected chi connectivity index (χ4v) is 3.99. The Balaban J connectivity index is 1.80. The van der Waals surface area contributed by atoms with E-state index in [0.717, 1.165) is 30.7 Å². The Morgan fingerprint density at radius 2 is 2.28 bits per heavy atom. The molecule has 0 radical (unpaired) electrons. The van der Waals surface area contributed by atoms with Crippen LogP contribution in [0.15, 0.2) is 36.9 Å². The second-order valence-corrected chi connectivity index (χ2v) is 5.69. The van der Waals surface area contributed by atoms with E-state index in [9.17, 15) is 0 Å². The van der Waals surface area contributed by atoms with Gasteiger partial charge in [0.15, 0.2) is 0 Å². The topological polar surface area (TPSA) is 12.0 Å². The molecular weight excluding hydrogens is 218 g/mol. The van der Waals surface area contributed by atoms with Crippen LogP contribution in [0.25, 0.3) is 0 Å². The van der Waals surface area contributed by atoms with Crippen molar-refractivity contribution >= 4 is 0 Å². The average Bonchev–Trinajstić information content (AvgIpc) is 3.13. The van der Waals surface area contributed by atoms with Crippen molar-refractivity contribution in [1.82, 2.24) is 5.32 Å². The Kier molecular flexibility index (Phi) is 3.25. The van der Waals surface area contributed by atoms with Gasteiger partial charge in [-0.05, 0) is 54.7 Å². The van der Waals surface area contributed by atoms with Gasteiger partial charge < -0.3 is 5.32 Å². The van der Waals surface area contributed by atoms with Crippen molar-refractivity contribution in [2.24, 2.45) is 11.8 Å². The summed E-state index contributed by atoms with van der Waals surface area (Å²) < 4.78 is 0. The molecule has 2 aliphatic carbocycles. The quantitative estimate of drug-likeness (QED) is 0.778. The fraction of sp³-hybridized carbons (Fsp3) is 0.529. The molecular formula is C17H23N. The van der Waals surface area contributed by atoms with Gasteiger partial charge in [-0.25, -0.2) is 0 Å². The molecule has 1 aromatic carbocycles. The van der Waals surface area contributed by atoms with Crippen LogP contribution in [0.5, 0.6) is 0 Å². The van der Waals surface area contributed by atoms with Crippen LogP contribution in [0.2, 0.25) is 0 Å². The molecule has 4 atom stereocenters. The highest BCUT2D eigenvalue weighted by Gasteiger charge is 2.55. The summed E-state index contributed by atoms with van der Waals surface area (Å²) in [6.07, 6.45) is 5.84. The van der Waals surface area contributed by atoms with Gasteiger partial charge in [-0.1, -0.05) is 37.3 Å². The molecule has 0 saturated heterocycles. The molecule has 3 rings (SSSR count). The number of rotatable bonds is 5. The lowest BCUT2D eigenvalue weighted by atomic mass is 9.92. The third-order valence-corrected chi connectivity index (χ3v) is 4.74. The summed E-state index contributed by atoms with van der Waals surface area (Å²) in [6.45, 7) is 7.18. The first-order valence-electron chi connectivity index (χ1n) is 7.29. The van der Waals surface area contributed by atoms with E-state index in [-0.39, 0.29) is 0 Å². The van der Waals surface area contributed by atoms with Crippen molar-refractivity contribution in [1.29, 1.82) is 0 Å². The Morgan fingerprint density at radius 1 is 1.44 bits per heavy atom. The van der Waals surface area contributed by atoms with Crippen molar-refractivity contribution in [2.75, 3.05) is 6.54 Å². The van der Waals surface area contributed by atoms with Gasteiger partial charge in [0.2, 0.25) is 0 Å². The summed E-state index contributed by atoms with van der Waals surface area (Å²) in [4.78, 5) is 0. The van der Waals surface area contributed by atoms with Gasteiger partial charge in [-0.15, -0.1) is 6.58 Å². The van der Waals surface area contributed by atoms with Crippen LogP contribution in [-0.4, -0.2) is 12.6 Å². The lowest BCUT2D eigenvalue weighted by Crippen LogP contribution is -2.31. The predicted molar refractivity (Wildman–Crippen MR) is 76.8 cm³/mol. The molecule has 0 aliphatic heterocycles. The zero-order chi connectivity index (χ0) is 12.5. The third-order valence-electron chi connectivity index (χ3n) is 4.74. The Morgan fingerprint density at radius 3 is 3.06 bits per heavy atom. The lowest BCUT2D eigenvalue weighted by Gasteiger charge is -2.16. The first kappa shape index (κ1) is 12.0. The SMILES string of the molecule is C=CCC(NCC)C1C2CCc3ccccc3C21. The molecule has 0 amide bonds. The van der Waals surface area contributed by atoms with Crippen LogP contribution < -0.4 is 5.32 Å². The molecule has 1 nitrogen and oxygen atoms in total. The molecule has 1 aromatic rings. The summed E-state index contributed by atoms with van der Waals surface area (Å²) in [5, 5.41) is 3.66. The van der Waals surface area contributed by atoms with Crippen molar-refractivity contribution in [3.05, 3.63) is 48.0 Å². The monoisotopic (exact) mass is 241 g/mol. The van der Waals surface area contributed by atoms with Crippen molar-refractivity contribution in [3.63, 3.8) is 0 Å². The fourth-order valence-electron chi connectivity index (χ4n) is 3.99. The van der Waals surface area contributed by atoms with E-state index in [0.29, 0.717) is 6.04 Å². The number of fused-ring (bicyclic) bond motifs is 3. The number of nitrogens with one attached hydrogen (secondary N) is 1. The molecule has 4 unspecified atom stereocenters. The molecule has 1 N–H and O–H groups in total. The van der Waals surface area contributed by atoms with Crippen LogP contribution in [0, 0.1) is 11.8 Å². The summed E-state index contributed by atoms with van der Waals surface area (Å²) in [5.41, 5.74) is 3.22. The van der Waals surface area contributed by atoms with Crippen molar-refractivity contribution < 1.29 is 0 Å². The van der Waals surface area contributed by atoms with Crippen LogP contribution in [0.4, 0.5) is 0 Å². The first-order chi connectivity index (χ1) is 8.86. The van der Waals surface area contributed by atoms with E-state index in [4.69, 9.17) is 0 Å². The molecule has 2 aliphatic rings. The third kappa shape index (κ3) is 1.91. The van der Waals surface area contributed by atoms with Gasteiger partial charge in [0.05, 0.1) is 0 Å². The smallest absolute Gasteiger partial charge is 0.0138 e. The van der Waals surface area contributed by atoms with E-state index < -0.39 is 0 Å². The van der Waals surface area contributed by atoms with Crippen molar-refractivity contribution in [2.45, 2.75) is 38.1 Å². The van der Waals surface area contributed by atoms with Crippen molar-refractivity contribution in [3.8, 4) is 0 Å². The minimum atomic E-state index is 0.633. The maximum Gasteiger partial charge on any atom is 0.0138 e. The summed E-state index contributed by atoms with van der Waals surface area (Å²) in [7, 11) is 0. The minimum absolute atomic E-state index is 0.633. The van der Waals surface area contributed by atoms with Crippen LogP contribution in [0.3, 0.4) is 0 Å². The van der Waals surface area contributed by atoms with E-state index >= 15 is 0 Å². The van der Waals surface area contributed by atoms with Gasteiger partial charge >= 0.3 is 0 Å². The van der Waals surface area contributed by atoms with Gasteiger partial charge in [-0.3, -0.25) is 0 Å². The van der Waals surface area contributed by atoms with E-state index in [2.05, 4.69) is 49.2 Å². The van der Waals surface area contributed by atoms with Crippen LogP contribution >= 0.6 is 0 Å². The number of hydrogen-bond donors (Lipinski definition) is 1. The highest BCUT2D eigenvalue weighted by Crippen LogP contribution is 2.61. The number of benzene rings is 1. The maximum absolute atomic E-state index is 3.91. The Bertz CT molecular complexity index is 437. The zero-order valence-electron chi connectivity index (χ0n) is 11.2. The zero-order valence-corrected chi connectivity index (χ0v) is 11.2. The molecule has 1 heteroatoms. The molecule has 0 heterocycles. The van der Waals surface area contributed by atoms with Gasteiger partial charge in [0.1, 0.15) is 0 Å². The summed E-state index contributed by atoms with van der Waals surface area (Å²) in [5.74, 6) is 2.58. The minimum Gasteiger partial charge on any atom is -0.314 e. The van der Waals surface area contributed by atoms with E-state index in [1.54, 1.807) is 11.1 Å². The number of aryl methyl sites for hydroxylation is 1. The van der Waals surface area contributed by atoms with E-state index in [1.807, 2.05) is 0 Å². The van der Waals surface area contributed by atoms with E-state index in [1.165, 1.54) is 12.8 Å². The van der Waals surface area contributed by atoms with Gasteiger partial charge in [0, 0.05) is 6.04 Å². The molecule has 0 spiro atoms.